The highest BCUT2D eigenvalue weighted by atomic mass is 16.6. The first-order chi connectivity index (χ1) is 10.7. The van der Waals surface area contributed by atoms with Gasteiger partial charge in [0.2, 0.25) is 0 Å². The molecular weight excluding hydrogens is 296 g/mol. The first-order valence-corrected chi connectivity index (χ1v) is 7.59. The molecule has 0 fully saturated rings. The third kappa shape index (κ3) is 3.02. The fraction of sp³-hybridized carbons (Fsp3) is 0.412. The average Bonchev–Trinajstić information content (AvgIpc) is 2.81. The van der Waals surface area contributed by atoms with Crippen LogP contribution >= 0.6 is 0 Å². The number of carbonyl (C=O) groups is 2. The van der Waals surface area contributed by atoms with Crippen molar-refractivity contribution >= 4 is 23.0 Å². The number of carboxylic acids is 1. The van der Waals surface area contributed by atoms with E-state index in [1.807, 2.05) is 20.8 Å². The summed E-state index contributed by atoms with van der Waals surface area (Å²) in [6.45, 7) is 6.54. The lowest BCUT2D eigenvalue weighted by atomic mass is 10.0. The largest absolute Gasteiger partial charge is 0.478 e. The van der Waals surface area contributed by atoms with Crippen LogP contribution in [0.3, 0.4) is 0 Å². The SMILES string of the molecule is CC(C)(C)OC(=O)N1CCc2c([nH]c3ccc(C(=O)O)cc23)C1. The van der Waals surface area contributed by atoms with Gasteiger partial charge in [-0.1, -0.05) is 0 Å². The summed E-state index contributed by atoms with van der Waals surface area (Å²) < 4.78 is 5.41. The molecule has 6 heteroatoms. The van der Waals surface area contributed by atoms with E-state index in [1.165, 1.54) is 0 Å². The Hall–Kier alpha value is -2.50. The van der Waals surface area contributed by atoms with E-state index >= 15 is 0 Å². The molecule has 1 aromatic carbocycles. The number of H-pyrrole nitrogens is 1. The van der Waals surface area contributed by atoms with Crippen LogP contribution in [0.15, 0.2) is 18.2 Å². The molecule has 1 aliphatic rings. The minimum Gasteiger partial charge on any atom is -0.478 e. The van der Waals surface area contributed by atoms with Crippen LogP contribution in [0.1, 0.15) is 42.4 Å². The molecular formula is C17H20N2O4. The minimum atomic E-state index is -0.937. The van der Waals surface area contributed by atoms with Gasteiger partial charge in [-0.25, -0.2) is 9.59 Å². The molecule has 0 aliphatic carbocycles. The maximum atomic E-state index is 12.2. The highest BCUT2D eigenvalue weighted by Crippen LogP contribution is 2.29. The van der Waals surface area contributed by atoms with Gasteiger partial charge in [0.1, 0.15) is 5.60 Å². The molecule has 0 saturated heterocycles. The van der Waals surface area contributed by atoms with Gasteiger partial charge in [0.15, 0.2) is 0 Å². The summed E-state index contributed by atoms with van der Waals surface area (Å²) in [6, 6.07) is 5.04. The lowest BCUT2D eigenvalue weighted by Gasteiger charge is -2.30. The maximum Gasteiger partial charge on any atom is 0.410 e. The summed E-state index contributed by atoms with van der Waals surface area (Å²) in [4.78, 5) is 28.3. The number of aromatic nitrogens is 1. The Kier molecular flexibility index (Phi) is 3.55. The Bertz CT molecular complexity index is 786. The number of benzene rings is 1. The second kappa shape index (κ2) is 5.30. The highest BCUT2D eigenvalue weighted by Gasteiger charge is 2.27. The third-order valence-corrected chi connectivity index (χ3v) is 3.87. The van der Waals surface area contributed by atoms with Crippen LogP contribution in [-0.2, 0) is 17.7 Å². The lowest BCUT2D eigenvalue weighted by Crippen LogP contribution is -2.39. The molecule has 122 valence electrons. The summed E-state index contributed by atoms with van der Waals surface area (Å²) in [5, 5.41) is 10.0. The van der Waals surface area contributed by atoms with E-state index in [0.29, 0.717) is 19.5 Å². The van der Waals surface area contributed by atoms with Crippen molar-refractivity contribution in [2.45, 2.75) is 39.3 Å². The van der Waals surface area contributed by atoms with Crippen molar-refractivity contribution < 1.29 is 19.4 Å². The van der Waals surface area contributed by atoms with Gasteiger partial charge in [-0.05, 0) is 51.0 Å². The normalized spacial score (nSPS) is 14.7. The van der Waals surface area contributed by atoms with E-state index in [-0.39, 0.29) is 11.7 Å². The summed E-state index contributed by atoms with van der Waals surface area (Å²) in [5.74, 6) is -0.937. The number of amides is 1. The van der Waals surface area contributed by atoms with Crippen molar-refractivity contribution in [2.75, 3.05) is 6.54 Å². The first kappa shape index (κ1) is 15.4. The minimum absolute atomic E-state index is 0.272. The zero-order valence-corrected chi connectivity index (χ0v) is 13.5. The zero-order chi connectivity index (χ0) is 16.8. The number of ether oxygens (including phenoxy) is 1. The number of carbonyl (C=O) groups excluding carboxylic acids is 1. The number of rotatable bonds is 1. The molecule has 6 nitrogen and oxygen atoms in total. The average molecular weight is 316 g/mol. The van der Waals surface area contributed by atoms with Crippen LogP contribution in [-0.4, -0.2) is 39.2 Å². The van der Waals surface area contributed by atoms with Crippen molar-refractivity contribution in [3.05, 3.63) is 35.0 Å². The van der Waals surface area contributed by atoms with E-state index in [2.05, 4.69) is 4.98 Å². The molecule has 0 bridgehead atoms. The summed E-state index contributed by atoms with van der Waals surface area (Å²) in [7, 11) is 0. The Morgan fingerprint density at radius 2 is 2.04 bits per heavy atom. The first-order valence-electron chi connectivity index (χ1n) is 7.59. The molecule has 23 heavy (non-hydrogen) atoms. The van der Waals surface area contributed by atoms with Gasteiger partial charge in [0.25, 0.3) is 0 Å². The molecule has 2 N–H and O–H groups in total. The molecule has 0 atom stereocenters. The highest BCUT2D eigenvalue weighted by molar-refractivity contribution is 5.95. The second-order valence-corrected chi connectivity index (χ2v) is 6.80. The molecule has 2 heterocycles. The number of fused-ring (bicyclic) bond motifs is 3. The smallest absolute Gasteiger partial charge is 0.410 e. The fourth-order valence-electron chi connectivity index (χ4n) is 2.86. The van der Waals surface area contributed by atoms with Gasteiger partial charge in [-0.15, -0.1) is 0 Å². The van der Waals surface area contributed by atoms with Crippen LogP contribution < -0.4 is 0 Å². The Balaban J connectivity index is 1.88. The van der Waals surface area contributed by atoms with Gasteiger partial charge >= 0.3 is 12.1 Å². The van der Waals surface area contributed by atoms with Crippen molar-refractivity contribution in [3.63, 3.8) is 0 Å². The van der Waals surface area contributed by atoms with Crippen LogP contribution in [0.25, 0.3) is 10.9 Å². The third-order valence-electron chi connectivity index (χ3n) is 3.87. The van der Waals surface area contributed by atoms with E-state index in [9.17, 15) is 9.59 Å². The molecule has 2 aromatic rings. The summed E-state index contributed by atoms with van der Waals surface area (Å²) in [6.07, 6.45) is 0.352. The molecule has 1 aliphatic heterocycles. The second-order valence-electron chi connectivity index (χ2n) is 6.80. The topological polar surface area (TPSA) is 82.6 Å². The quantitative estimate of drug-likeness (QED) is 0.846. The maximum absolute atomic E-state index is 12.2. The van der Waals surface area contributed by atoms with Gasteiger partial charge in [-0.2, -0.15) is 0 Å². The van der Waals surface area contributed by atoms with Crippen LogP contribution in [0, 0.1) is 0 Å². The summed E-state index contributed by atoms with van der Waals surface area (Å²) >= 11 is 0. The number of aromatic carboxylic acids is 1. The Labute approximate surface area is 134 Å². The van der Waals surface area contributed by atoms with Crippen molar-refractivity contribution in [1.29, 1.82) is 0 Å². The molecule has 1 amide bonds. The fourth-order valence-corrected chi connectivity index (χ4v) is 2.86. The number of nitrogens with zero attached hydrogens (tertiary/aromatic N) is 1. The molecule has 0 unspecified atom stereocenters. The molecule has 3 rings (SSSR count). The Morgan fingerprint density at radius 1 is 1.30 bits per heavy atom. The number of nitrogens with one attached hydrogen (secondary N) is 1. The van der Waals surface area contributed by atoms with Crippen molar-refractivity contribution in [3.8, 4) is 0 Å². The monoisotopic (exact) mass is 316 g/mol. The van der Waals surface area contributed by atoms with Gasteiger partial charge in [-0.3, -0.25) is 0 Å². The van der Waals surface area contributed by atoms with Crippen LogP contribution in [0.2, 0.25) is 0 Å². The van der Waals surface area contributed by atoms with E-state index in [0.717, 1.165) is 22.2 Å². The summed E-state index contributed by atoms with van der Waals surface area (Å²) in [5.41, 5.74) is 2.68. The van der Waals surface area contributed by atoms with E-state index in [4.69, 9.17) is 9.84 Å². The number of hydrogen-bond acceptors (Lipinski definition) is 3. The van der Waals surface area contributed by atoms with Gasteiger partial charge in [0, 0.05) is 23.1 Å². The zero-order valence-electron chi connectivity index (χ0n) is 13.5. The van der Waals surface area contributed by atoms with Crippen molar-refractivity contribution in [1.82, 2.24) is 9.88 Å². The number of carboxylic acid groups (broad SMARTS) is 1. The molecule has 1 aromatic heterocycles. The predicted molar refractivity (Wildman–Crippen MR) is 85.6 cm³/mol. The van der Waals surface area contributed by atoms with Gasteiger partial charge < -0.3 is 19.7 Å². The van der Waals surface area contributed by atoms with Crippen LogP contribution in [0.5, 0.6) is 0 Å². The lowest BCUT2D eigenvalue weighted by molar-refractivity contribution is 0.0222. The van der Waals surface area contributed by atoms with Crippen molar-refractivity contribution in [2.24, 2.45) is 0 Å². The molecule has 0 radical (unpaired) electrons. The Morgan fingerprint density at radius 3 is 2.70 bits per heavy atom. The number of aromatic amines is 1. The standard InChI is InChI=1S/C17H20N2O4/c1-17(2,3)23-16(22)19-7-6-11-12-8-10(15(20)21)4-5-13(12)18-14(11)9-19/h4-5,8,18H,6-7,9H2,1-3H3,(H,20,21). The number of hydrogen-bond donors (Lipinski definition) is 2. The van der Waals surface area contributed by atoms with Crippen LogP contribution in [0.4, 0.5) is 4.79 Å². The van der Waals surface area contributed by atoms with E-state index < -0.39 is 11.6 Å². The van der Waals surface area contributed by atoms with E-state index in [1.54, 1.807) is 23.1 Å². The van der Waals surface area contributed by atoms with Gasteiger partial charge in [0.05, 0.1) is 12.1 Å². The predicted octanol–water partition coefficient (Wildman–Crippen LogP) is 3.16. The molecule has 0 saturated carbocycles. The molecule has 0 spiro atoms.